The molecule has 0 aliphatic carbocycles. The molecule has 2 aromatic rings. The summed E-state index contributed by atoms with van der Waals surface area (Å²) in [5, 5.41) is 3.91. The molecule has 0 spiro atoms. The minimum atomic E-state index is -0.585. The fourth-order valence-corrected chi connectivity index (χ4v) is 4.19. The highest BCUT2D eigenvalue weighted by molar-refractivity contribution is 6.37. The lowest BCUT2D eigenvalue weighted by molar-refractivity contribution is -0.134. The summed E-state index contributed by atoms with van der Waals surface area (Å²) < 4.78 is 5.30. The number of nitrogens with one attached hydrogen (secondary N) is 1. The van der Waals surface area contributed by atoms with Gasteiger partial charge in [0.05, 0.1) is 22.8 Å². The predicted octanol–water partition coefficient (Wildman–Crippen LogP) is 4.11. The Bertz CT molecular complexity index is 929. The molecule has 1 atom stereocenters. The second-order valence-corrected chi connectivity index (χ2v) is 8.63. The molecule has 1 saturated heterocycles. The molecular weight excluding hydrogens is 437 g/mol. The molecule has 1 unspecified atom stereocenters. The number of nitrogens with zero attached hydrogens (tertiary/aromatic N) is 2. The third-order valence-electron chi connectivity index (χ3n) is 5.41. The van der Waals surface area contributed by atoms with Crippen molar-refractivity contribution in [3.8, 4) is 5.75 Å². The van der Waals surface area contributed by atoms with Gasteiger partial charge in [-0.05, 0) is 24.1 Å². The van der Waals surface area contributed by atoms with Gasteiger partial charge in [0.1, 0.15) is 11.8 Å². The Balaban J connectivity index is 1.66. The zero-order valence-electron chi connectivity index (χ0n) is 17.9. The van der Waals surface area contributed by atoms with Gasteiger partial charge in [-0.25, -0.2) is 0 Å². The average Bonchev–Trinajstić information content (AvgIpc) is 2.77. The van der Waals surface area contributed by atoms with E-state index in [0.29, 0.717) is 47.5 Å². The van der Waals surface area contributed by atoms with Gasteiger partial charge in [-0.15, -0.1) is 0 Å². The minimum Gasteiger partial charge on any atom is -0.495 e. The second-order valence-electron chi connectivity index (χ2n) is 7.81. The number of hydrogen-bond donors (Lipinski definition) is 1. The normalized spacial score (nSPS) is 15.0. The van der Waals surface area contributed by atoms with Crippen LogP contribution >= 0.6 is 23.2 Å². The summed E-state index contributed by atoms with van der Waals surface area (Å²) in [6.07, 6.45) is 0. The molecule has 3 rings (SSSR count). The molecule has 1 aliphatic rings. The molecule has 166 valence electrons. The second kappa shape index (κ2) is 10.2. The van der Waals surface area contributed by atoms with E-state index in [0.717, 1.165) is 5.69 Å². The van der Waals surface area contributed by atoms with Gasteiger partial charge in [0.15, 0.2) is 0 Å². The molecule has 0 radical (unpaired) electrons. The maximum absolute atomic E-state index is 13.2. The molecule has 1 heterocycles. The minimum absolute atomic E-state index is 0.0341. The lowest BCUT2D eigenvalue weighted by atomic mass is 10.0. The number of rotatable bonds is 6. The van der Waals surface area contributed by atoms with Crippen LogP contribution in [0.2, 0.25) is 10.0 Å². The van der Waals surface area contributed by atoms with Gasteiger partial charge in [0, 0.05) is 37.8 Å². The van der Waals surface area contributed by atoms with Crippen molar-refractivity contribution in [1.29, 1.82) is 0 Å². The molecule has 2 amide bonds. The first-order valence-electron chi connectivity index (χ1n) is 10.2. The highest BCUT2D eigenvalue weighted by Gasteiger charge is 2.31. The summed E-state index contributed by atoms with van der Waals surface area (Å²) in [5.74, 6) is 0.210. The van der Waals surface area contributed by atoms with Gasteiger partial charge in [0.25, 0.3) is 5.91 Å². The molecule has 0 aromatic heterocycles. The fourth-order valence-electron chi connectivity index (χ4n) is 3.61. The lowest BCUT2D eigenvalue weighted by Gasteiger charge is -2.38. The van der Waals surface area contributed by atoms with Crippen molar-refractivity contribution < 1.29 is 14.3 Å². The smallest absolute Gasteiger partial charge is 0.251 e. The first-order valence-corrected chi connectivity index (χ1v) is 11.0. The summed E-state index contributed by atoms with van der Waals surface area (Å²) >= 11 is 12.5. The third kappa shape index (κ3) is 5.43. The van der Waals surface area contributed by atoms with Crippen molar-refractivity contribution in [3.63, 3.8) is 0 Å². The molecule has 2 aromatic carbocycles. The van der Waals surface area contributed by atoms with E-state index in [4.69, 9.17) is 27.9 Å². The Morgan fingerprint density at radius 1 is 1.00 bits per heavy atom. The topological polar surface area (TPSA) is 61.9 Å². The van der Waals surface area contributed by atoms with E-state index in [1.807, 2.05) is 26.0 Å². The summed E-state index contributed by atoms with van der Waals surface area (Å²) in [6, 6.07) is 11.8. The first kappa shape index (κ1) is 23.2. The molecule has 1 aliphatic heterocycles. The molecule has 0 bridgehead atoms. The quantitative estimate of drug-likeness (QED) is 0.699. The summed E-state index contributed by atoms with van der Waals surface area (Å²) in [7, 11) is 1.56. The van der Waals surface area contributed by atoms with Crippen molar-refractivity contribution >= 4 is 40.7 Å². The molecule has 0 saturated carbocycles. The average molecular weight is 464 g/mol. The van der Waals surface area contributed by atoms with E-state index in [2.05, 4.69) is 10.2 Å². The molecule has 1 fully saturated rings. The number of hydrogen-bond acceptors (Lipinski definition) is 4. The number of benzene rings is 2. The number of piperazine rings is 1. The van der Waals surface area contributed by atoms with E-state index in [1.54, 1.807) is 42.3 Å². The number of carbonyl (C=O) groups excluding carboxylic acids is 2. The largest absolute Gasteiger partial charge is 0.495 e. The van der Waals surface area contributed by atoms with Gasteiger partial charge in [-0.2, -0.15) is 0 Å². The third-order valence-corrected chi connectivity index (χ3v) is 6.01. The molecule has 8 heteroatoms. The molecule has 1 N–H and O–H groups in total. The van der Waals surface area contributed by atoms with Crippen LogP contribution in [0.1, 0.15) is 24.2 Å². The zero-order chi connectivity index (χ0) is 22.5. The van der Waals surface area contributed by atoms with Gasteiger partial charge < -0.3 is 19.9 Å². The highest BCUT2D eigenvalue weighted by Crippen LogP contribution is 2.36. The van der Waals surface area contributed by atoms with E-state index in [9.17, 15) is 9.59 Å². The number of carbonyl (C=O) groups is 2. The van der Waals surface area contributed by atoms with E-state index in [1.165, 1.54) is 0 Å². The summed E-state index contributed by atoms with van der Waals surface area (Å²) in [4.78, 5) is 29.7. The van der Waals surface area contributed by atoms with Crippen LogP contribution in [0, 0.1) is 5.92 Å². The van der Waals surface area contributed by atoms with Crippen LogP contribution in [0.4, 0.5) is 5.69 Å². The standard InChI is InChI=1S/C23H27Cl2N3O3/c1-15(2)21(26-22(29)16-7-5-4-6-8-16)23(30)28-11-9-27(10-12-28)19-14-20(31-3)18(25)13-17(19)24/h4-8,13-15,21H,9-12H2,1-3H3,(H,26,29). The predicted molar refractivity (Wildman–Crippen MR) is 124 cm³/mol. The Morgan fingerprint density at radius 2 is 1.65 bits per heavy atom. The molecule has 31 heavy (non-hydrogen) atoms. The van der Waals surface area contributed by atoms with Gasteiger partial charge in [-0.3, -0.25) is 9.59 Å². The lowest BCUT2D eigenvalue weighted by Crippen LogP contribution is -2.56. The first-order chi connectivity index (χ1) is 14.8. The fraction of sp³-hybridized carbons (Fsp3) is 0.391. The van der Waals surface area contributed by atoms with Crippen LogP contribution in [-0.2, 0) is 4.79 Å². The summed E-state index contributed by atoms with van der Waals surface area (Å²) in [5.41, 5.74) is 1.37. The molecular formula is C23H27Cl2N3O3. The van der Waals surface area contributed by atoms with Crippen molar-refractivity contribution in [3.05, 3.63) is 58.1 Å². The number of anilines is 1. The van der Waals surface area contributed by atoms with Crippen molar-refractivity contribution in [2.24, 2.45) is 5.92 Å². The van der Waals surface area contributed by atoms with E-state index < -0.39 is 6.04 Å². The van der Waals surface area contributed by atoms with Crippen LogP contribution in [0.15, 0.2) is 42.5 Å². The SMILES string of the molecule is COc1cc(N2CCN(C(=O)C(NC(=O)c3ccccc3)C(C)C)CC2)c(Cl)cc1Cl. The van der Waals surface area contributed by atoms with Crippen LogP contribution in [0.5, 0.6) is 5.75 Å². The molecule has 6 nitrogen and oxygen atoms in total. The van der Waals surface area contributed by atoms with Gasteiger partial charge in [0.2, 0.25) is 5.91 Å². The van der Waals surface area contributed by atoms with Gasteiger partial charge >= 0.3 is 0 Å². The number of ether oxygens (including phenoxy) is 1. The zero-order valence-corrected chi connectivity index (χ0v) is 19.4. The van der Waals surface area contributed by atoms with Crippen LogP contribution < -0.4 is 15.0 Å². The monoisotopic (exact) mass is 463 g/mol. The maximum Gasteiger partial charge on any atom is 0.251 e. The van der Waals surface area contributed by atoms with E-state index in [-0.39, 0.29) is 17.7 Å². The maximum atomic E-state index is 13.2. The number of methoxy groups -OCH3 is 1. The Kier molecular flexibility index (Phi) is 7.68. The number of amides is 2. The van der Waals surface area contributed by atoms with Crippen LogP contribution in [0.3, 0.4) is 0 Å². The highest BCUT2D eigenvalue weighted by atomic mass is 35.5. The van der Waals surface area contributed by atoms with Crippen LogP contribution in [-0.4, -0.2) is 56.0 Å². The Labute approximate surface area is 193 Å². The van der Waals surface area contributed by atoms with Gasteiger partial charge in [-0.1, -0.05) is 55.2 Å². The Morgan fingerprint density at radius 3 is 2.23 bits per heavy atom. The van der Waals surface area contributed by atoms with E-state index >= 15 is 0 Å². The van der Waals surface area contributed by atoms with Crippen LogP contribution in [0.25, 0.3) is 0 Å². The summed E-state index contributed by atoms with van der Waals surface area (Å²) in [6.45, 7) is 6.17. The number of halogens is 2. The van der Waals surface area contributed by atoms with Crippen molar-refractivity contribution in [1.82, 2.24) is 10.2 Å². The Hall–Kier alpha value is -2.44. The van der Waals surface area contributed by atoms with Crippen molar-refractivity contribution in [2.45, 2.75) is 19.9 Å². The van der Waals surface area contributed by atoms with Crippen molar-refractivity contribution in [2.75, 3.05) is 38.2 Å².